The molecule has 0 atom stereocenters. The fourth-order valence-electron chi connectivity index (χ4n) is 8.09. The maximum Gasteiger partial charge on any atom is 0.200 e. The van der Waals surface area contributed by atoms with Gasteiger partial charge in [0, 0.05) is 27.9 Å². The van der Waals surface area contributed by atoms with Crippen LogP contribution >= 0.6 is 0 Å². The van der Waals surface area contributed by atoms with Gasteiger partial charge in [-0.15, -0.1) is 0 Å². The SMILES string of the molecule is CC1(C)c2ccccc2-c2cc3c4ccccc4n(-c4ccc5c(=O)c6ccc(-c7ccc(-c8ccccc8)cc7)cc6oc5c4)c3cc21. The van der Waals surface area contributed by atoms with Crippen molar-refractivity contribution in [2.24, 2.45) is 0 Å². The van der Waals surface area contributed by atoms with E-state index in [2.05, 4.69) is 128 Å². The summed E-state index contributed by atoms with van der Waals surface area (Å²) in [5.74, 6) is 0. The van der Waals surface area contributed by atoms with Gasteiger partial charge in [-0.1, -0.05) is 117 Å². The van der Waals surface area contributed by atoms with Crippen molar-refractivity contribution < 1.29 is 4.42 Å². The summed E-state index contributed by atoms with van der Waals surface area (Å²) < 4.78 is 8.90. The molecule has 0 N–H and O–H groups in total. The molecule has 10 rings (SSSR count). The standard InChI is InChI=1S/C46H31NO2/c1-46(2)39-14-8-6-12-33(39)37-26-38-34-13-7-9-15-41(34)47(42(38)27-40(37)46)32-21-23-36-44(25-32)49-43-24-31(20-22-35(43)45(36)48)30-18-16-29(17-19-30)28-10-4-3-5-11-28/h3-27H,1-2H3. The molecule has 3 heteroatoms. The number of rotatable bonds is 3. The zero-order valence-electron chi connectivity index (χ0n) is 27.2. The summed E-state index contributed by atoms with van der Waals surface area (Å²) in [5.41, 5.74) is 14.0. The van der Waals surface area contributed by atoms with Gasteiger partial charge in [0.25, 0.3) is 0 Å². The maximum absolute atomic E-state index is 13.8. The molecule has 0 amide bonds. The van der Waals surface area contributed by atoms with E-state index in [1.165, 1.54) is 44.2 Å². The molecule has 3 nitrogen and oxygen atoms in total. The van der Waals surface area contributed by atoms with E-state index in [1.807, 2.05) is 42.5 Å². The second kappa shape index (κ2) is 10.2. The number of hydrogen-bond acceptors (Lipinski definition) is 2. The number of hydrogen-bond donors (Lipinski definition) is 0. The number of para-hydroxylation sites is 1. The van der Waals surface area contributed by atoms with Crippen molar-refractivity contribution in [3.63, 3.8) is 0 Å². The van der Waals surface area contributed by atoms with Crippen LogP contribution < -0.4 is 5.43 Å². The molecule has 0 saturated carbocycles. The molecule has 1 aliphatic carbocycles. The summed E-state index contributed by atoms with van der Waals surface area (Å²) in [4.78, 5) is 13.8. The Balaban J connectivity index is 1.14. The van der Waals surface area contributed by atoms with Crippen LogP contribution in [0, 0.1) is 0 Å². The van der Waals surface area contributed by atoms with E-state index in [0.29, 0.717) is 21.9 Å². The van der Waals surface area contributed by atoms with Crippen LogP contribution in [0.3, 0.4) is 0 Å². The first-order chi connectivity index (χ1) is 24.0. The number of aromatic nitrogens is 1. The Morgan fingerprint density at radius 1 is 0.469 bits per heavy atom. The zero-order valence-corrected chi connectivity index (χ0v) is 27.2. The van der Waals surface area contributed by atoms with E-state index < -0.39 is 0 Å². The number of benzene rings is 7. The smallest absolute Gasteiger partial charge is 0.200 e. The molecule has 0 aliphatic heterocycles. The summed E-state index contributed by atoms with van der Waals surface area (Å²) in [5, 5.41) is 3.57. The van der Waals surface area contributed by atoms with Gasteiger partial charge in [0.15, 0.2) is 0 Å². The molecule has 1 aliphatic rings. The van der Waals surface area contributed by atoms with E-state index in [-0.39, 0.29) is 10.8 Å². The molecule has 9 aromatic rings. The molecule has 7 aromatic carbocycles. The highest BCUT2D eigenvalue weighted by Gasteiger charge is 2.36. The molecule has 2 aromatic heterocycles. The lowest BCUT2D eigenvalue weighted by Gasteiger charge is -2.21. The molecule has 0 bridgehead atoms. The summed E-state index contributed by atoms with van der Waals surface area (Å²) in [6, 6.07) is 52.9. The molecular formula is C46H31NO2. The second-order valence-electron chi connectivity index (χ2n) is 13.7. The Morgan fingerprint density at radius 2 is 1.10 bits per heavy atom. The highest BCUT2D eigenvalue weighted by Crippen LogP contribution is 2.51. The van der Waals surface area contributed by atoms with E-state index in [9.17, 15) is 4.79 Å². The third-order valence-electron chi connectivity index (χ3n) is 10.6. The Morgan fingerprint density at radius 3 is 1.92 bits per heavy atom. The average Bonchev–Trinajstić information content (AvgIpc) is 3.59. The Kier molecular flexibility index (Phi) is 5.78. The van der Waals surface area contributed by atoms with E-state index in [4.69, 9.17) is 4.42 Å². The predicted octanol–water partition coefficient (Wildman–Crippen LogP) is 11.7. The first-order valence-electron chi connectivity index (χ1n) is 16.8. The van der Waals surface area contributed by atoms with Gasteiger partial charge in [-0.25, -0.2) is 0 Å². The second-order valence-corrected chi connectivity index (χ2v) is 13.7. The van der Waals surface area contributed by atoms with Crippen LogP contribution in [0.15, 0.2) is 161 Å². The number of fused-ring (bicyclic) bond motifs is 8. The van der Waals surface area contributed by atoms with Crippen molar-refractivity contribution in [1.82, 2.24) is 4.57 Å². The van der Waals surface area contributed by atoms with Crippen molar-refractivity contribution in [2.45, 2.75) is 19.3 Å². The summed E-state index contributed by atoms with van der Waals surface area (Å²) in [7, 11) is 0. The van der Waals surface area contributed by atoms with Gasteiger partial charge in [0.2, 0.25) is 5.43 Å². The van der Waals surface area contributed by atoms with Gasteiger partial charge in [-0.2, -0.15) is 0 Å². The zero-order chi connectivity index (χ0) is 32.9. The van der Waals surface area contributed by atoms with Gasteiger partial charge in [0.05, 0.1) is 21.8 Å². The monoisotopic (exact) mass is 629 g/mol. The van der Waals surface area contributed by atoms with Gasteiger partial charge in [-0.05, 0) is 87.0 Å². The third-order valence-corrected chi connectivity index (χ3v) is 10.6. The summed E-state index contributed by atoms with van der Waals surface area (Å²) >= 11 is 0. The van der Waals surface area contributed by atoms with E-state index in [1.54, 1.807) is 0 Å². The Bertz CT molecular complexity index is 2850. The first-order valence-corrected chi connectivity index (χ1v) is 16.8. The molecule has 0 saturated heterocycles. The predicted molar refractivity (Wildman–Crippen MR) is 203 cm³/mol. The Labute approximate surface area is 283 Å². The lowest BCUT2D eigenvalue weighted by Crippen LogP contribution is -2.15. The maximum atomic E-state index is 13.8. The van der Waals surface area contributed by atoms with Gasteiger partial charge in [-0.3, -0.25) is 4.79 Å². The fraction of sp³-hybridized carbons (Fsp3) is 0.0652. The Hall–Kier alpha value is -6.19. The summed E-state index contributed by atoms with van der Waals surface area (Å²) in [6.45, 7) is 4.64. The topological polar surface area (TPSA) is 35.1 Å². The van der Waals surface area contributed by atoms with Crippen molar-refractivity contribution >= 4 is 43.7 Å². The van der Waals surface area contributed by atoms with Crippen molar-refractivity contribution in [3.8, 4) is 39.1 Å². The van der Waals surface area contributed by atoms with Crippen LogP contribution in [-0.4, -0.2) is 4.57 Å². The lowest BCUT2D eigenvalue weighted by molar-refractivity contribution is 0.659. The quantitative estimate of drug-likeness (QED) is 0.182. The highest BCUT2D eigenvalue weighted by molar-refractivity contribution is 6.12. The summed E-state index contributed by atoms with van der Waals surface area (Å²) in [6.07, 6.45) is 0. The average molecular weight is 630 g/mol. The minimum absolute atomic E-state index is 0.0201. The van der Waals surface area contributed by atoms with Crippen LogP contribution in [0.2, 0.25) is 0 Å². The normalized spacial score (nSPS) is 13.3. The van der Waals surface area contributed by atoms with Crippen LogP contribution in [0.1, 0.15) is 25.0 Å². The van der Waals surface area contributed by atoms with Crippen molar-refractivity contribution in [2.75, 3.05) is 0 Å². The first kappa shape index (κ1) is 27.9. The van der Waals surface area contributed by atoms with Crippen LogP contribution in [0.25, 0.3) is 82.8 Å². The van der Waals surface area contributed by atoms with Crippen LogP contribution in [-0.2, 0) is 5.41 Å². The molecule has 0 fully saturated rings. The molecular weight excluding hydrogens is 599 g/mol. The largest absolute Gasteiger partial charge is 0.456 e. The minimum Gasteiger partial charge on any atom is -0.456 e. The van der Waals surface area contributed by atoms with Crippen LogP contribution in [0.4, 0.5) is 0 Å². The van der Waals surface area contributed by atoms with Gasteiger partial charge in [0.1, 0.15) is 11.2 Å². The van der Waals surface area contributed by atoms with E-state index >= 15 is 0 Å². The minimum atomic E-state index is -0.115. The van der Waals surface area contributed by atoms with Gasteiger partial charge < -0.3 is 8.98 Å². The lowest BCUT2D eigenvalue weighted by atomic mass is 9.82. The van der Waals surface area contributed by atoms with Crippen molar-refractivity contribution in [1.29, 1.82) is 0 Å². The fourth-order valence-corrected chi connectivity index (χ4v) is 8.09. The third kappa shape index (κ3) is 4.06. The van der Waals surface area contributed by atoms with E-state index in [0.717, 1.165) is 27.8 Å². The van der Waals surface area contributed by atoms with Crippen LogP contribution in [0.5, 0.6) is 0 Å². The molecule has 0 radical (unpaired) electrons. The van der Waals surface area contributed by atoms with Gasteiger partial charge >= 0.3 is 0 Å². The molecule has 2 heterocycles. The molecule has 232 valence electrons. The van der Waals surface area contributed by atoms with Crippen molar-refractivity contribution in [3.05, 3.63) is 173 Å². The molecule has 49 heavy (non-hydrogen) atoms. The number of nitrogens with zero attached hydrogens (tertiary/aromatic N) is 1. The highest BCUT2D eigenvalue weighted by atomic mass is 16.3. The molecule has 0 unspecified atom stereocenters. The molecule has 0 spiro atoms.